The van der Waals surface area contributed by atoms with Gasteiger partial charge in [0.2, 0.25) is 0 Å². The molecule has 0 aliphatic carbocycles. The fraction of sp³-hybridized carbons (Fsp3) is 0.133. The van der Waals surface area contributed by atoms with E-state index < -0.39 is 11.6 Å². The van der Waals surface area contributed by atoms with Gasteiger partial charge in [-0.2, -0.15) is 0 Å². The standard InChI is InChI=1S/C15H11BrF2O2/c16-11-5-6-15(14(18)8-11)20-9-12(19)7-10-3-1-2-4-13(10)17/h1-6,8H,7,9H2. The Morgan fingerprint density at radius 3 is 2.55 bits per heavy atom. The van der Waals surface area contributed by atoms with Crippen molar-refractivity contribution in [1.82, 2.24) is 0 Å². The zero-order valence-corrected chi connectivity index (χ0v) is 12.0. The molecule has 0 spiro atoms. The third kappa shape index (κ3) is 3.87. The van der Waals surface area contributed by atoms with Gasteiger partial charge in [0.1, 0.15) is 12.4 Å². The molecular weight excluding hydrogens is 330 g/mol. The number of carbonyl (C=O) groups is 1. The smallest absolute Gasteiger partial charge is 0.174 e. The zero-order chi connectivity index (χ0) is 14.5. The first-order valence-corrected chi connectivity index (χ1v) is 6.68. The van der Waals surface area contributed by atoms with Gasteiger partial charge in [-0.05, 0) is 29.8 Å². The first-order valence-electron chi connectivity index (χ1n) is 5.89. The summed E-state index contributed by atoms with van der Waals surface area (Å²) in [5.41, 5.74) is 0.303. The molecule has 0 aliphatic heterocycles. The van der Waals surface area contributed by atoms with Crippen LogP contribution >= 0.6 is 15.9 Å². The van der Waals surface area contributed by atoms with Crippen molar-refractivity contribution in [2.45, 2.75) is 6.42 Å². The highest BCUT2D eigenvalue weighted by molar-refractivity contribution is 9.10. The van der Waals surface area contributed by atoms with Crippen molar-refractivity contribution in [2.24, 2.45) is 0 Å². The third-order valence-electron chi connectivity index (χ3n) is 2.63. The summed E-state index contributed by atoms with van der Waals surface area (Å²) in [6.07, 6.45) is -0.0786. The first-order chi connectivity index (χ1) is 9.56. The molecule has 0 atom stereocenters. The molecule has 0 saturated heterocycles. The van der Waals surface area contributed by atoms with Crippen molar-refractivity contribution in [2.75, 3.05) is 6.61 Å². The van der Waals surface area contributed by atoms with Gasteiger partial charge in [-0.1, -0.05) is 34.1 Å². The Hall–Kier alpha value is -1.75. The van der Waals surface area contributed by atoms with E-state index >= 15 is 0 Å². The summed E-state index contributed by atoms with van der Waals surface area (Å²) in [4.78, 5) is 11.7. The summed E-state index contributed by atoms with van der Waals surface area (Å²) in [7, 11) is 0. The van der Waals surface area contributed by atoms with E-state index in [-0.39, 0.29) is 24.6 Å². The molecule has 0 fully saturated rings. The third-order valence-corrected chi connectivity index (χ3v) is 3.12. The summed E-state index contributed by atoms with van der Waals surface area (Å²) in [6.45, 7) is -0.299. The van der Waals surface area contributed by atoms with Crippen molar-refractivity contribution in [3.05, 3.63) is 64.1 Å². The van der Waals surface area contributed by atoms with Crippen LogP contribution in [0.5, 0.6) is 5.75 Å². The lowest BCUT2D eigenvalue weighted by molar-refractivity contribution is -0.120. The number of benzene rings is 2. The normalized spacial score (nSPS) is 10.3. The fourth-order valence-corrected chi connectivity index (χ4v) is 1.99. The van der Waals surface area contributed by atoms with Crippen LogP contribution in [0.25, 0.3) is 0 Å². The van der Waals surface area contributed by atoms with Crippen LogP contribution in [0.2, 0.25) is 0 Å². The number of ketones is 1. The van der Waals surface area contributed by atoms with Gasteiger partial charge in [0, 0.05) is 10.9 Å². The molecule has 0 aliphatic rings. The van der Waals surface area contributed by atoms with E-state index in [0.717, 1.165) is 0 Å². The maximum Gasteiger partial charge on any atom is 0.174 e. The van der Waals surface area contributed by atoms with Gasteiger partial charge in [0.05, 0.1) is 0 Å². The van der Waals surface area contributed by atoms with E-state index in [0.29, 0.717) is 10.0 Å². The monoisotopic (exact) mass is 340 g/mol. The molecule has 2 nitrogen and oxygen atoms in total. The average Bonchev–Trinajstić information content (AvgIpc) is 2.40. The number of carbonyl (C=O) groups excluding carboxylic acids is 1. The van der Waals surface area contributed by atoms with Crippen LogP contribution in [-0.2, 0) is 11.2 Å². The average molecular weight is 341 g/mol. The highest BCUT2D eigenvalue weighted by atomic mass is 79.9. The van der Waals surface area contributed by atoms with Crippen molar-refractivity contribution in [3.63, 3.8) is 0 Å². The predicted molar refractivity (Wildman–Crippen MR) is 74.7 cm³/mol. The Morgan fingerprint density at radius 1 is 1.10 bits per heavy atom. The molecule has 2 aromatic rings. The van der Waals surface area contributed by atoms with Gasteiger partial charge in [-0.3, -0.25) is 4.79 Å². The molecule has 0 N–H and O–H groups in total. The maximum absolute atomic E-state index is 13.5. The second kappa shape index (κ2) is 6.61. The van der Waals surface area contributed by atoms with E-state index in [4.69, 9.17) is 4.74 Å². The zero-order valence-electron chi connectivity index (χ0n) is 10.4. The molecule has 5 heteroatoms. The number of halogens is 3. The van der Waals surface area contributed by atoms with Crippen LogP contribution in [0, 0.1) is 11.6 Å². The first kappa shape index (κ1) is 14.7. The molecule has 0 heterocycles. The van der Waals surface area contributed by atoms with Crippen molar-refractivity contribution < 1.29 is 18.3 Å². The van der Waals surface area contributed by atoms with E-state index in [9.17, 15) is 13.6 Å². The molecule has 0 radical (unpaired) electrons. The molecule has 0 saturated carbocycles. The quantitative estimate of drug-likeness (QED) is 0.824. The second-order valence-electron chi connectivity index (χ2n) is 4.17. The minimum Gasteiger partial charge on any atom is -0.483 e. The largest absolute Gasteiger partial charge is 0.483 e. The van der Waals surface area contributed by atoms with Crippen LogP contribution in [0.15, 0.2) is 46.9 Å². The lowest BCUT2D eigenvalue weighted by Crippen LogP contribution is -2.15. The van der Waals surface area contributed by atoms with E-state index in [2.05, 4.69) is 15.9 Å². The molecule has 0 amide bonds. The Kier molecular flexibility index (Phi) is 4.84. The lowest BCUT2D eigenvalue weighted by Gasteiger charge is -2.07. The molecule has 104 valence electrons. The summed E-state index contributed by atoms with van der Waals surface area (Å²) >= 11 is 3.12. The molecular formula is C15H11BrF2O2. The maximum atomic E-state index is 13.5. The Labute approximate surface area is 123 Å². The summed E-state index contributed by atoms with van der Waals surface area (Å²) in [6, 6.07) is 10.3. The lowest BCUT2D eigenvalue weighted by atomic mass is 10.1. The van der Waals surface area contributed by atoms with E-state index in [1.54, 1.807) is 18.2 Å². The van der Waals surface area contributed by atoms with Crippen LogP contribution in [0.4, 0.5) is 8.78 Å². The SMILES string of the molecule is O=C(COc1ccc(Br)cc1F)Cc1ccccc1F. The number of hydrogen-bond donors (Lipinski definition) is 0. The fourth-order valence-electron chi connectivity index (χ4n) is 1.66. The Balaban J connectivity index is 1.94. The van der Waals surface area contributed by atoms with Crippen LogP contribution in [0.3, 0.4) is 0 Å². The Morgan fingerprint density at radius 2 is 1.85 bits per heavy atom. The molecule has 0 unspecified atom stereocenters. The van der Waals surface area contributed by atoms with Gasteiger partial charge in [0.25, 0.3) is 0 Å². The summed E-state index contributed by atoms with van der Waals surface area (Å²) in [5, 5.41) is 0. The molecule has 0 aromatic heterocycles. The van der Waals surface area contributed by atoms with Gasteiger partial charge in [-0.25, -0.2) is 8.78 Å². The molecule has 20 heavy (non-hydrogen) atoms. The van der Waals surface area contributed by atoms with Gasteiger partial charge in [0.15, 0.2) is 17.3 Å². The van der Waals surface area contributed by atoms with Crippen molar-refractivity contribution in [1.29, 1.82) is 0 Å². The van der Waals surface area contributed by atoms with E-state index in [1.165, 1.54) is 24.3 Å². The summed E-state index contributed by atoms with van der Waals surface area (Å²) < 4.78 is 32.5. The van der Waals surface area contributed by atoms with Crippen LogP contribution in [-0.4, -0.2) is 12.4 Å². The van der Waals surface area contributed by atoms with Gasteiger partial charge in [-0.15, -0.1) is 0 Å². The minimum absolute atomic E-state index is 0.00455. The second-order valence-corrected chi connectivity index (χ2v) is 5.09. The minimum atomic E-state index is -0.557. The Bertz CT molecular complexity index is 629. The van der Waals surface area contributed by atoms with Gasteiger partial charge >= 0.3 is 0 Å². The topological polar surface area (TPSA) is 26.3 Å². The number of Topliss-reactive ketones (excluding diaryl/α,β-unsaturated/α-hetero) is 1. The number of hydrogen-bond acceptors (Lipinski definition) is 2. The molecule has 2 rings (SSSR count). The molecule has 0 bridgehead atoms. The number of ether oxygens (including phenoxy) is 1. The van der Waals surface area contributed by atoms with Gasteiger partial charge < -0.3 is 4.74 Å². The van der Waals surface area contributed by atoms with Crippen LogP contribution < -0.4 is 4.74 Å². The predicted octanol–water partition coefficient (Wildman–Crippen LogP) is 3.92. The van der Waals surface area contributed by atoms with Crippen LogP contribution in [0.1, 0.15) is 5.56 Å². The highest BCUT2D eigenvalue weighted by Crippen LogP contribution is 2.21. The molecule has 2 aromatic carbocycles. The number of rotatable bonds is 5. The van der Waals surface area contributed by atoms with Crippen molar-refractivity contribution >= 4 is 21.7 Å². The van der Waals surface area contributed by atoms with Crippen molar-refractivity contribution in [3.8, 4) is 5.75 Å². The highest BCUT2D eigenvalue weighted by Gasteiger charge is 2.10. The van der Waals surface area contributed by atoms with E-state index in [1.807, 2.05) is 0 Å². The summed E-state index contributed by atoms with van der Waals surface area (Å²) in [5.74, 6) is -1.32.